The molecule has 0 aliphatic rings. The van der Waals surface area contributed by atoms with E-state index in [1.54, 1.807) is 0 Å². The summed E-state index contributed by atoms with van der Waals surface area (Å²) >= 11 is 0. The second kappa shape index (κ2) is 3.21. The lowest BCUT2D eigenvalue weighted by atomic mass is 9.87. The molecule has 0 saturated heterocycles. The zero-order valence-electron chi connectivity index (χ0n) is 9.28. The Hall–Kier alpha value is -1.08. The predicted molar refractivity (Wildman–Crippen MR) is 67.9 cm³/mol. The van der Waals surface area contributed by atoms with Crippen molar-refractivity contribution in [2.45, 2.75) is 26.2 Å². The lowest BCUT2D eigenvalue weighted by molar-refractivity contribution is 0.590. The molecule has 4 heteroatoms. The Morgan fingerprint density at radius 3 is 2.60 bits per heavy atom. The summed E-state index contributed by atoms with van der Waals surface area (Å²) in [7, 11) is 2.60. The van der Waals surface area contributed by atoms with Crippen molar-refractivity contribution in [1.29, 1.82) is 0 Å². The summed E-state index contributed by atoms with van der Waals surface area (Å²) in [6.07, 6.45) is 0. The zero-order valence-corrected chi connectivity index (χ0v) is 10.4. The second-order valence-corrected chi connectivity index (χ2v) is 5.36. The number of hydrogen-bond acceptors (Lipinski definition) is 2. The van der Waals surface area contributed by atoms with Crippen molar-refractivity contribution in [1.82, 2.24) is 9.89 Å². The molecule has 1 unspecified atom stereocenters. The SMILES string of the molecule is CC(C)(C)c1ccc2c(P)nn(N)c2c1. The van der Waals surface area contributed by atoms with Gasteiger partial charge in [-0.25, -0.2) is 0 Å². The van der Waals surface area contributed by atoms with Gasteiger partial charge in [-0.2, -0.15) is 9.89 Å². The largest absolute Gasteiger partial charge is 0.323 e. The molecule has 3 nitrogen and oxygen atoms in total. The number of fused-ring (bicyclic) bond motifs is 1. The maximum absolute atomic E-state index is 5.78. The first-order chi connectivity index (χ1) is 6.89. The molecule has 0 saturated carbocycles. The Bertz CT molecular complexity index is 508. The molecule has 0 radical (unpaired) electrons. The number of nitrogens with zero attached hydrogens (tertiary/aromatic N) is 2. The summed E-state index contributed by atoms with van der Waals surface area (Å²) in [5, 5.41) is 5.26. The van der Waals surface area contributed by atoms with Gasteiger partial charge in [0, 0.05) is 5.39 Å². The molecule has 1 aromatic heterocycles. The molecular weight excluding hydrogens is 205 g/mol. The highest BCUT2D eigenvalue weighted by Crippen LogP contribution is 2.25. The van der Waals surface area contributed by atoms with Crippen molar-refractivity contribution in [2.24, 2.45) is 0 Å². The number of hydrogen-bond donors (Lipinski definition) is 1. The molecular formula is C11H16N3P. The Kier molecular flexibility index (Phi) is 2.23. The molecule has 0 aliphatic heterocycles. The summed E-state index contributed by atoms with van der Waals surface area (Å²) in [4.78, 5) is 1.44. The van der Waals surface area contributed by atoms with E-state index in [1.807, 2.05) is 0 Å². The van der Waals surface area contributed by atoms with Crippen LogP contribution in [0.4, 0.5) is 0 Å². The van der Waals surface area contributed by atoms with Crippen molar-refractivity contribution >= 4 is 25.6 Å². The van der Waals surface area contributed by atoms with E-state index < -0.39 is 0 Å². The average molecular weight is 221 g/mol. The first-order valence-corrected chi connectivity index (χ1v) is 5.51. The van der Waals surface area contributed by atoms with Gasteiger partial charge in [0.25, 0.3) is 0 Å². The van der Waals surface area contributed by atoms with Gasteiger partial charge >= 0.3 is 0 Å². The molecule has 0 bridgehead atoms. The van der Waals surface area contributed by atoms with Gasteiger partial charge in [0.2, 0.25) is 0 Å². The maximum Gasteiger partial charge on any atom is 0.0925 e. The quantitative estimate of drug-likeness (QED) is 0.542. The van der Waals surface area contributed by atoms with Crippen molar-refractivity contribution in [3.05, 3.63) is 23.8 Å². The smallest absolute Gasteiger partial charge is 0.0925 e. The third-order valence-electron chi connectivity index (χ3n) is 2.60. The summed E-state index contributed by atoms with van der Waals surface area (Å²) in [5.74, 6) is 5.78. The van der Waals surface area contributed by atoms with E-state index in [9.17, 15) is 0 Å². The lowest BCUT2D eigenvalue weighted by Crippen LogP contribution is -2.13. The van der Waals surface area contributed by atoms with E-state index in [1.165, 1.54) is 10.4 Å². The molecule has 80 valence electrons. The standard InChI is InChI=1S/C11H16N3P/c1-11(2,3)7-4-5-8-9(6-7)14(12)13-10(8)15/h4-6H,12,15H2,1-3H3. The molecule has 1 aromatic carbocycles. The molecule has 1 heterocycles. The highest BCUT2D eigenvalue weighted by atomic mass is 31.0. The zero-order chi connectivity index (χ0) is 11.2. The highest BCUT2D eigenvalue weighted by molar-refractivity contribution is 7.27. The first kappa shape index (κ1) is 10.4. The van der Waals surface area contributed by atoms with Crippen LogP contribution in [0.25, 0.3) is 10.9 Å². The third-order valence-corrected chi connectivity index (χ3v) is 3.03. The van der Waals surface area contributed by atoms with Gasteiger partial charge in [0.05, 0.1) is 11.0 Å². The fraction of sp³-hybridized carbons (Fsp3) is 0.364. The molecule has 2 aromatic rings. The Balaban J connectivity index is 2.71. The minimum atomic E-state index is 0.138. The van der Waals surface area contributed by atoms with Crippen LogP contribution in [0.15, 0.2) is 18.2 Å². The molecule has 1 atom stereocenters. The van der Waals surface area contributed by atoms with E-state index >= 15 is 0 Å². The van der Waals surface area contributed by atoms with Crippen LogP contribution in [0.2, 0.25) is 0 Å². The van der Waals surface area contributed by atoms with Gasteiger partial charge in [-0.05, 0) is 17.0 Å². The van der Waals surface area contributed by atoms with E-state index in [4.69, 9.17) is 5.84 Å². The van der Waals surface area contributed by atoms with Gasteiger partial charge in [-0.15, -0.1) is 0 Å². The van der Waals surface area contributed by atoms with E-state index in [0.717, 1.165) is 16.3 Å². The Labute approximate surface area is 91.8 Å². The molecule has 2 N–H and O–H groups in total. The fourth-order valence-corrected chi connectivity index (χ4v) is 2.00. The minimum absolute atomic E-state index is 0.138. The van der Waals surface area contributed by atoms with E-state index in [0.29, 0.717) is 0 Å². The second-order valence-electron chi connectivity index (χ2n) is 4.81. The van der Waals surface area contributed by atoms with Crippen LogP contribution in [0.1, 0.15) is 26.3 Å². The molecule has 0 fully saturated rings. The predicted octanol–water partition coefficient (Wildman–Crippen LogP) is 1.55. The van der Waals surface area contributed by atoms with Crippen molar-refractivity contribution < 1.29 is 0 Å². The molecule has 0 spiro atoms. The monoisotopic (exact) mass is 221 g/mol. The van der Waals surface area contributed by atoms with Crippen LogP contribution in [0.3, 0.4) is 0 Å². The van der Waals surface area contributed by atoms with Crippen molar-refractivity contribution in [2.75, 3.05) is 5.84 Å². The van der Waals surface area contributed by atoms with Gasteiger partial charge in [-0.1, -0.05) is 42.1 Å². The number of nitrogen functional groups attached to an aromatic ring is 1. The highest BCUT2D eigenvalue weighted by Gasteiger charge is 2.15. The fourth-order valence-electron chi connectivity index (χ4n) is 1.63. The summed E-state index contributed by atoms with van der Waals surface area (Å²) < 4.78 is 0. The van der Waals surface area contributed by atoms with Crippen molar-refractivity contribution in [3.63, 3.8) is 0 Å². The number of rotatable bonds is 0. The van der Waals surface area contributed by atoms with Crippen LogP contribution >= 0.6 is 9.24 Å². The first-order valence-electron chi connectivity index (χ1n) is 4.93. The summed E-state index contributed by atoms with van der Waals surface area (Å²) in [5.41, 5.74) is 3.28. The average Bonchev–Trinajstić information content (AvgIpc) is 2.41. The molecule has 15 heavy (non-hydrogen) atoms. The van der Waals surface area contributed by atoms with Crippen LogP contribution in [0, 0.1) is 0 Å². The minimum Gasteiger partial charge on any atom is -0.323 e. The number of nitrogens with two attached hydrogens (primary N) is 1. The van der Waals surface area contributed by atoms with Gasteiger partial charge in [0.1, 0.15) is 0 Å². The van der Waals surface area contributed by atoms with Crippen molar-refractivity contribution in [3.8, 4) is 0 Å². The Morgan fingerprint density at radius 1 is 1.33 bits per heavy atom. The Morgan fingerprint density at radius 2 is 2.00 bits per heavy atom. The van der Waals surface area contributed by atoms with Gasteiger partial charge in [0.15, 0.2) is 0 Å². The normalized spacial score (nSPS) is 12.3. The summed E-state index contributed by atoms with van der Waals surface area (Å²) in [6.45, 7) is 6.56. The molecule has 2 rings (SSSR count). The van der Waals surface area contributed by atoms with Gasteiger partial charge < -0.3 is 5.84 Å². The topological polar surface area (TPSA) is 43.8 Å². The summed E-state index contributed by atoms with van der Waals surface area (Å²) in [6, 6.07) is 6.32. The maximum atomic E-state index is 5.78. The number of benzene rings is 1. The molecule has 0 aliphatic carbocycles. The van der Waals surface area contributed by atoms with Crippen LogP contribution in [-0.4, -0.2) is 9.89 Å². The van der Waals surface area contributed by atoms with Crippen LogP contribution < -0.4 is 11.3 Å². The van der Waals surface area contributed by atoms with Gasteiger partial charge in [-0.3, -0.25) is 0 Å². The lowest BCUT2D eigenvalue weighted by Gasteiger charge is -2.18. The molecule has 0 amide bonds. The van der Waals surface area contributed by atoms with E-state index in [2.05, 4.69) is 53.3 Å². The third kappa shape index (κ3) is 1.72. The van der Waals surface area contributed by atoms with Crippen LogP contribution in [0.5, 0.6) is 0 Å². The van der Waals surface area contributed by atoms with Crippen LogP contribution in [-0.2, 0) is 5.41 Å². The number of aromatic nitrogens is 2. The van der Waals surface area contributed by atoms with E-state index in [-0.39, 0.29) is 5.41 Å².